The maximum absolute atomic E-state index is 5.54. The molecule has 0 spiro atoms. The molecule has 2 aliphatic heterocycles. The molecule has 2 aliphatic rings. The van der Waals surface area contributed by atoms with Crippen LogP contribution in [0.4, 0.5) is 17.1 Å². The summed E-state index contributed by atoms with van der Waals surface area (Å²) < 4.78 is 2.49. The Bertz CT molecular complexity index is 2280. The van der Waals surface area contributed by atoms with Crippen LogP contribution in [-0.4, -0.2) is 16.3 Å². The van der Waals surface area contributed by atoms with Crippen molar-refractivity contribution in [1.82, 2.24) is 9.55 Å². The first kappa shape index (κ1) is 31.7. The lowest BCUT2D eigenvalue weighted by Crippen LogP contribution is -2.60. The molecule has 246 valence electrons. The SMILES string of the molecule is Cc1cccc(C)c1-c1nc2cc(C(C)(C)C)cc3c2n1-c1cccc2c1B3c1cc(C(C)(C)C)ccc1N2c1ccc(C(C)(C)C)cc1. The molecule has 0 amide bonds. The molecule has 6 aromatic rings. The van der Waals surface area contributed by atoms with Gasteiger partial charge in [0.25, 0.3) is 6.71 Å². The molecule has 8 rings (SSSR count). The molecule has 0 N–H and O–H groups in total. The number of rotatable bonds is 2. The average Bonchev–Trinajstić information content (AvgIpc) is 3.40. The standard InChI is InChI=1S/C45H48BN3/c1-27-14-12-15-28(2)39(27)42-47-35-26-31(45(9,10)11)25-34-41(35)49(42)38-17-13-16-37-40(38)46(34)33-24-30(44(6,7)8)20-23-36(33)48(37)32-21-18-29(19-22-32)43(3,4)5/h12-26H,1-11H3. The van der Waals surface area contributed by atoms with Gasteiger partial charge >= 0.3 is 0 Å². The molecule has 5 aromatic carbocycles. The van der Waals surface area contributed by atoms with E-state index < -0.39 is 0 Å². The molecule has 49 heavy (non-hydrogen) atoms. The maximum Gasteiger partial charge on any atom is 0.252 e. The predicted octanol–water partition coefficient (Wildman–Crippen LogP) is 9.81. The predicted molar refractivity (Wildman–Crippen MR) is 211 cm³/mol. The summed E-state index contributed by atoms with van der Waals surface area (Å²) in [5.41, 5.74) is 19.1. The highest BCUT2D eigenvalue weighted by atomic mass is 15.2. The van der Waals surface area contributed by atoms with E-state index in [1.54, 1.807) is 0 Å². The van der Waals surface area contributed by atoms with Crippen molar-refractivity contribution >= 4 is 51.2 Å². The molecular weight excluding hydrogens is 593 g/mol. The van der Waals surface area contributed by atoms with Gasteiger partial charge in [-0.1, -0.05) is 117 Å². The lowest BCUT2D eigenvalue weighted by Gasteiger charge is -2.41. The lowest BCUT2D eigenvalue weighted by atomic mass is 9.33. The van der Waals surface area contributed by atoms with Crippen LogP contribution in [0.1, 0.15) is 90.1 Å². The third kappa shape index (κ3) is 4.82. The van der Waals surface area contributed by atoms with Gasteiger partial charge in [0.1, 0.15) is 5.82 Å². The molecule has 0 saturated heterocycles. The number of imidazole rings is 1. The number of anilines is 3. The number of fused-ring (bicyclic) bond motifs is 4. The van der Waals surface area contributed by atoms with Crippen LogP contribution < -0.4 is 21.3 Å². The van der Waals surface area contributed by atoms with Crippen LogP contribution in [-0.2, 0) is 16.2 Å². The molecule has 0 unspecified atom stereocenters. The van der Waals surface area contributed by atoms with Gasteiger partial charge in [-0.05, 0) is 111 Å². The largest absolute Gasteiger partial charge is 0.311 e. The number of hydrogen-bond donors (Lipinski definition) is 0. The molecule has 4 heteroatoms. The van der Waals surface area contributed by atoms with E-state index in [4.69, 9.17) is 4.98 Å². The number of hydrogen-bond acceptors (Lipinski definition) is 2. The molecule has 0 atom stereocenters. The zero-order valence-electron chi connectivity index (χ0n) is 31.1. The van der Waals surface area contributed by atoms with Gasteiger partial charge < -0.3 is 4.90 Å². The Balaban J connectivity index is 1.51. The summed E-state index contributed by atoms with van der Waals surface area (Å²) in [7, 11) is 0. The molecular formula is C45H48BN3. The summed E-state index contributed by atoms with van der Waals surface area (Å²) in [5.74, 6) is 1.03. The van der Waals surface area contributed by atoms with Gasteiger partial charge in [-0.15, -0.1) is 0 Å². The molecule has 0 saturated carbocycles. The van der Waals surface area contributed by atoms with Crippen LogP contribution in [0.5, 0.6) is 0 Å². The molecule has 3 heterocycles. The minimum Gasteiger partial charge on any atom is -0.311 e. The number of benzene rings is 5. The molecule has 3 nitrogen and oxygen atoms in total. The number of nitrogens with zero attached hydrogens (tertiary/aromatic N) is 3. The normalized spacial score (nSPS) is 13.9. The number of aromatic nitrogens is 2. The Labute approximate surface area is 293 Å². The van der Waals surface area contributed by atoms with Gasteiger partial charge in [0.2, 0.25) is 0 Å². The van der Waals surface area contributed by atoms with E-state index in [0.717, 1.165) is 11.3 Å². The smallest absolute Gasteiger partial charge is 0.252 e. The van der Waals surface area contributed by atoms with Gasteiger partial charge in [-0.25, -0.2) is 4.98 Å². The van der Waals surface area contributed by atoms with Crippen molar-refractivity contribution in [2.45, 2.75) is 92.4 Å². The minimum absolute atomic E-state index is 0.0164. The maximum atomic E-state index is 5.54. The van der Waals surface area contributed by atoms with E-state index in [2.05, 4.69) is 177 Å². The summed E-state index contributed by atoms with van der Waals surface area (Å²) in [5, 5.41) is 0. The van der Waals surface area contributed by atoms with E-state index in [-0.39, 0.29) is 23.0 Å². The fraction of sp³-hybridized carbons (Fsp3) is 0.311. The second-order valence-corrected chi connectivity index (χ2v) is 17.5. The minimum atomic E-state index is -0.0292. The molecule has 0 aliphatic carbocycles. The third-order valence-electron chi connectivity index (χ3n) is 10.9. The Morgan fingerprint density at radius 1 is 0.551 bits per heavy atom. The Kier molecular flexibility index (Phi) is 6.77. The fourth-order valence-corrected chi connectivity index (χ4v) is 8.14. The van der Waals surface area contributed by atoms with E-state index in [9.17, 15) is 0 Å². The summed E-state index contributed by atoms with van der Waals surface area (Å²) >= 11 is 0. The Hall–Kier alpha value is -4.57. The molecule has 1 aromatic heterocycles. The lowest BCUT2D eigenvalue weighted by molar-refractivity contribution is 0.590. The van der Waals surface area contributed by atoms with E-state index in [1.165, 1.54) is 78.0 Å². The monoisotopic (exact) mass is 641 g/mol. The first-order valence-electron chi connectivity index (χ1n) is 17.9. The molecule has 0 bridgehead atoms. The number of aryl methyl sites for hydroxylation is 2. The highest BCUT2D eigenvalue weighted by molar-refractivity contribution is 7.00. The van der Waals surface area contributed by atoms with Crippen molar-refractivity contribution in [2.24, 2.45) is 0 Å². The van der Waals surface area contributed by atoms with Gasteiger partial charge in [-0.2, -0.15) is 0 Å². The Morgan fingerprint density at radius 2 is 1.12 bits per heavy atom. The van der Waals surface area contributed by atoms with Crippen LogP contribution in [0, 0.1) is 13.8 Å². The molecule has 0 fully saturated rings. The fourth-order valence-electron chi connectivity index (χ4n) is 8.14. The first-order valence-corrected chi connectivity index (χ1v) is 17.9. The van der Waals surface area contributed by atoms with Gasteiger partial charge in [0, 0.05) is 28.3 Å². The van der Waals surface area contributed by atoms with Crippen molar-refractivity contribution in [2.75, 3.05) is 4.90 Å². The van der Waals surface area contributed by atoms with Gasteiger partial charge in [-0.3, -0.25) is 4.57 Å². The zero-order valence-corrected chi connectivity index (χ0v) is 31.1. The van der Waals surface area contributed by atoms with Crippen LogP contribution >= 0.6 is 0 Å². The van der Waals surface area contributed by atoms with Crippen molar-refractivity contribution < 1.29 is 0 Å². The van der Waals surface area contributed by atoms with Crippen LogP contribution in [0.3, 0.4) is 0 Å². The van der Waals surface area contributed by atoms with Crippen molar-refractivity contribution in [1.29, 1.82) is 0 Å². The first-order chi connectivity index (χ1) is 23.0. The zero-order chi connectivity index (χ0) is 34.8. The van der Waals surface area contributed by atoms with Gasteiger partial charge in [0.05, 0.1) is 11.0 Å². The highest BCUT2D eigenvalue weighted by Crippen LogP contribution is 2.43. The molecule has 0 radical (unpaired) electrons. The van der Waals surface area contributed by atoms with E-state index in [1.807, 2.05) is 0 Å². The summed E-state index contributed by atoms with van der Waals surface area (Å²) in [6.45, 7) is 25.3. The summed E-state index contributed by atoms with van der Waals surface area (Å²) in [4.78, 5) is 8.05. The summed E-state index contributed by atoms with van der Waals surface area (Å²) in [6.07, 6.45) is 0. The van der Waals surface area contributed by atoms with Crippen LogP contribution in [0.15, 0.2) is 91.0 Å². The summed E-state index contributed by atoms with van der Waals surface area (Å²) in [6, 6.07) is 34.8. The van der Waals surface area contributed by atoms with E-state index >= 15 is 0 Å². The van der Waals surface area contributed by atoms with E-state index in [0.29, 0.717) is 0 Å². The van der Waals surface area contributed by atoms with Crippen molar-refractivity contribution in [3.05, 3.63) is 119 Å². The van der Waals surface area contributed by atoms with Crippen LogP contribution in [0.25, 0.3) is 28.1 Å². The van der Waals surface area contributed by atoms with Crippen LogP contribution in [0.2, 0.25) is 0 Å². The second kappa shape index (κ2) is 10.5. The third-order valence-corrected chi connectivity index (χ3v) is 10.9. The highest BCUT2D eigenvalue weighted by Gasteiger charge is 2.43. The van der Waals surface area contributed by atoms with Gasteiger partial charge in [0.15, 0.2) is 0 Å². The Morgan fingerprint density at radius 3 is 1.76 bits per heavy atom. The second-order valence-electron chi connectivity index (χ2n) is 17.5. The van der Waals surface area contributed by atoms with Crippen molar-refractivity contribution in [3.63, 3.8) is 0 Å². The topological polar surface area (TPSA) is 21.1 Å². The van der Waals surface area contributed by atoms with Crippen molar-refractivity contribution in [3.8, 4) is 17.1 Å². The quantitative estimate of drug-likeness (QED) is 0.175. The average molecular weight is 642 g/mol.